The first-order valence-electron chi connectivity index (χ1n) is 6.94. The Bertz CT molecular complexity index is 640. The molecule has 1 aliphatic carbocycles. The van der Waals surface area contributed by atoms with Crippen LogP contribution in [0, 0.1) is 0 Å². The monoisotopic (exact) mass is 287 g/mol. The Hall–Kier alpha value is -1.69. The molecule has 0 bridgehead atoms. The van der Waals surface area contributed by atoms with Crippen molar-refractivity contribution in [2.75, 3.05) is 4.90 Å². The molecule has 4 rings (SSSR count). The number of hydrogen-bond acceptors (Lipinski definition) is 4. The van der Waals surface area contributed by atoms with Gasteiger partial charge in [-0.1, -0.05) is 0 Å². The Morgan fingerprint density at radius 2 is 2.20 bits per heavy atom. The van der Waals surface area contributed by atoms with Crippen LogP contribution in [0.3, 0.4) is 0 Å². The fraction of sp³-hybridized carbons (Fsp3) is 0.429. The normalized spacial score (nSPS) is 22.4. The van der Waals surface area contributed by atoms with Gasteiger partial charge < -0.3 is 9.47 Å². The van der Waals surface area contributed by atoms with Crippen molar-refractivity contribution in [3.8, 4) is 0 Å². The van der Waals surface area contributed by atoms with E-state index >= 15 is 0 Å². The molecule has 2 aromatic heterocycles. The SMILES string of the molecule is Cn1cnc(C2SC=CN2c2cnn(C3CCC3)c2)c1. The summed E-state index contributed by atoms with van der Waals surface area (Å²) in [4.78, 5) is 6.72. The average molecular weight is 287 g/mol. The van der Waals surface area contributed by atoms with Crippen LogP contribution in [0.1, 0.15) is 36.4 Å². The largest absolute Gasteiger partial charge is 0.340 e. The summed E-state index contributed by atoms with van der Waals surface area (Å²) in [5.41, 5.74) is 2.23. The molecule has 3 heterocycles. The molecule has 1 saturated carbocycles. The first kappa shape index (κ1) is 12.1. The predicted molar refractivity (Wildman–Crippen MR) is 80.3 cm³/mol. The number of imidazole rings is 1. The maximum atomic E-state index is 4.52. The smallest absolute Gasteiger partial charge is 0.127 e. The summed E-state index contributed by atoms with van der Waals surface area (Å²) >= 11 is 1.78. The first-order valence-corrected chi connectivity index (χ1v) is 7.88. The van der Waals surface area contributed by atoms with Gasteiger partial charge in [0.1, 0.15) is 5.37 Å². The fourth-order valence-corrected chi connectivity index (χ4v) is 3.56. The lowest BCUT2D eigenvalue weighted by Gasteiger charge is -2.26. The maximum absolute atomic E-state index is 4.52. The van der Waals surface area contributed by atoms with Gasteiger partial charge in [0.05, 0.1) is 29.9 Å². The molecule has 1 atom stereocenters. The lowest BCUT2D eigenvalue weighted by molar-refractivity contribution is 0.289. The van der Waals surface area contributed by atoms with Crippen molar-refractivity contribution in [3.05, 3.63) is 42.2 Å². The minimum atomic E-state index is 0.218. The van der Waals surface area contributed by atoms with Gasteiger partial charge in [0, 0.05) is 25.6 Å². The highest BCUT2D eigenvalue weighted by Gasteiger charge is 2.27. The molecule has 0 saturated heterocycles. The quantitative estimate of drug-likeness (QED) is 0.869. The molecule has 6 heteroatoms. The van der Waals surface area contributed by atoms with Gasteiger partial charge in [-0.05, 0) is 24.7 Å². The van der Waals surface area contributed by atoms with E-state index in [0.29, 0.717) is 6.04 Å². The highest BCUT2D eigenvalue weighted by molar-refractivity contribution is 8.02. The van der Waals surface area contributed by atoms with Crippen LogP contribution in [0.25, 0.3) is 0 Å². The number of aromatic nitrogens is 4. The third-order valence-corrected chi connectivity index (χ3v) is 5.00. The zero-order chi connectivity index (χ0) is 13.5. The number of aryl methyl sites for hydroxylation is 1. The third-order valence-electron chi connectivity index (χ3n) is 3.99. The summed E-state index contributed by atoms with van der Waals surface area (Å²) in [6, 6.07) is 0.608. The van der Waals surface area contributed by atoms with Crippen molar-refractivity contribution in [1.82, 2.24) is 19.3 Å². The van der Waals surface area contributed by atoms with Crippen LogP contribution in [-0.4, -0.2) is 19.3 Å². The van der Waals surface area contributed by atoms with Gasteiger partial charge in [-0.3, -0.25) is 4.68 Å². The second kappa shape index (κ2) is 4.70. The fourth-order valence-electron chi connectivity index (χ4n) is 2.63. The summed E-state index contributed by atoms with van der Waals surface area (Å²) in [6.45, 7) is 0. The molecule has 0 N–H and O–H groups in total. The van der Waals surface area contributed by atoms with Crippen LogP contribution in [0.5, 0.6) is 0 Å². The summed E-state index contributed by atoms with van der Waals surface area (Å²) in [7, 11) is 2.00. The molecule has 1 fully saturated rings. The molecule has 0 radical (unpaired) electrons. The van der Waals surface area contributed by atoms with Crippen molar-refractivity contribution >= 4 is 17.4 Å². The predicted octanol–water partition coefficient (Wildman–Crippen LogP) is 3.06. The van der Waals surface area contributed by atoms with Gasteiger partial charge in [0.15, 0.2) is 0 Å². The molecule has 0 spiro atoms. The topological polar surface area (TPSA) is 38.9 Å². The minimum Gasteiger partial charge on any atom is -0.340 e. The minimum absolute atomic E-state index is 0.218. The van der Waals surface area contributed by atoms with Crippen LogP contribution in [0.2, 0.25) is 0 Å². The maximum Gasteiger partial charge on any atom is 0.127 e. The summed E-state index contributed by atoms with van der Waals surface area (Å²) in [5, 5.41) is 6.87. The molecule has 1 unspecified atom stereocenters. The molecule has 20 heavy (non-hydrogen) atoms. The van der Waals surface area contributed by atoms with Gasteiger partial charge in [-0.2, -0.15) is 5.10 Å². The number of nitrogens with zero attached hydrogens (tertiary/aromatic N) is 5. The molecular formula is C14H17N5S. The van der Waals surface area contributed by atoms with Gasteiger partial charge in [-0.25, -0.2) is 4.98 Å². The van der Waals surface area contributed by atoms with Gasteiger partial charge >= 0.3 is 0 Å². The number of hydrogen-bond donors (Lipinski definition) is 0. The Balaban J connectivity index is 1.59. The van der Waals surface area contributed by atoms with Crippen molar-refractivity contribution in [3.63, 3.8) is 0 Å². The first-order chi connectivity index (χ1) is 9.81. The molecule has 5 nitrogen and oxygen atoms in total. The van der Waals surface area contributed by atoms with E-state index in [0.717, 1.165) is 11.4 Å². The van der Waals surface area contributed by atoms with Crippen molar-refractivity contribution < 1.29 is 0 Å². The van der Waals surface area contributed by atoms with Crippen LogP contribution < -0.4 is 4.90 Å². The van der Waals surface area contributed by atoms with E-state index in [9.17, 15) is 0 Å². The van der Waals surface area contributed by atoms with E-state index in [1.807, 2.05) is 24.1 Å². The van der Waals surface area contributed by atoms with Crippen molar-refractivity contribution in [1.29, 1.82) is 0 Å². The average Bonchev–Trinajstić information content (AvgIpc) is 3.04. The summed E-state index contributed by atoms with van der Waals surface area (Å²) < 4.78 is 4.11. The highest BCUT2D eigenvalue weighted by atomic mass is 32.2. The van der Waals surface area contributed by atoms with Crippen LogP contribution >= 0.6 is 11.8 Å². The van der Waals surface area contributed by atoms with E-state index in [1.54, 1.807) is 11.8 Å². The Kier molecular flexibility index (Phi) is 2.84. The van der Waals surface area contributed by atoms with Crippen LogP contribution in [-0.2, 0) is 7.05 Å². The Morgan fingerprint density at radius 1 is 1.30 bits per heavy atom. The van der Waals surface area contributed by atoms with Gasteiger partial charge in [0.2, 0.25) is 0 Å². The van der Waals surface area contributed by atoms with Gasteiger partial charge in [-0.15, -0.1) is 11.8 Å². The molecule has 2 aromatic rings. The standard InChI is InChI=1S/C14H17N5S/c1-17-9-13(15-10-17)14-18(5-6-20-14)12-7-16-19(8-12)11-3-2-4-11/h5-11,14H,2-4H2,1H3. The molecule has 1 aliphatic heterocycles. The Morgan fingerprint density at radius 3 is 2.90 bits per heavy atom. The Labute approximate surface area is 122 Å². The van der Waals surface area contributed by atoms with Crippen LogP contribution in [0.15, 0.2) is 36.5 Å². The summed E-state index contributed by atoms with van der Waals surface area (Å²) in [6.07, 6.45) is 14.0. The van der Waals surface area contributed by atoms with E-state index < -0.39 is 0 Å². The number of thioether (sulfide) groups is 1. The lowest BCUT2D eigenvalue weighted by atomic mass is 9.93. The van der Waals surface area contributed by atoms with E-state index in [1.165, 1.54) is 19.3 Å². The molecule has 0 aromatic carbocycles. The molecule has 104 valence electrons. The zero-order valence-corrected chi connectivity index (χ0v) is 12.2. The van der Waals surface area contributed by atoms with E-state index in [-0.39, 0.29) is 5.37 Å². The van der Waals surface area contributed by atoms with Crippen molar-refractivity contribution in [2.24, 2.45) is 7.05 Å². The number of anilines is 1. The third kappa shape index (κ3) is 1.95. The van der Waals surface area contributed by atoms with E-state index in [4.69, 9.17) is 0 Å². The summed E-state index contributed by atoms with van der Waals surface area (Å²) in [5.74, 6) is 0. The van der Waals surface area contributed by atoms with Crippen molar-refractivity contribution in [2.45, 2.75) is 30.7 Å². The van der Waals surface area contributed by atoms with E-state index in [2.05, 4.69) is 43.7 Å². The molecule has 2 aliphatic rings. The highest BCUT2D eigenvalue weighted by Crippen LogP contribution is 2.41. The number of rotatable bonds is 3. The van der Waals surface area contributed by atoms with Gasteiger partial charge in [0.25, 0.3) is 0 Å². The lowest BCUT2D eigenvalue weighted by Crippen LogP contribution is -2.18. The second-order valence-electron chi connectivity index (χ2n) is 5.41. The second-order valence-corrected chi connectivity index (χ2v) is 6.40. The van der Waals surface area contributed by atoms with Crippen LogP contribution in [0.4, 0.5) is 5.69 Å². The zero-order valence-electron chi connectivity index (χ0n) is 11.4. The molecular weight excluding hydrogens is 270 g/mol. The molecule has 0 amide bonds.